The quantitative estimate of drug-likeness (QED) is 0.472. The molecule has 3 aromatic carbocycles. The molecule has 0 saturated heterocycles. The monoisotopic (exact) mass is 434 g/mol. The SMILES string of the molecule is COc1cc2c(cc1OC)Cc1cc(OC)c(OC)cc1Cc1cc(C=O)c(O)cc1C2. The summed E-state index contributed by atoms with van der Waals surface area (Å²) >= 11 is 0. The average molecular weight is 434 g/mol. The number of aldehydes is 1. The Bertz CT molecular complexity index is 1180. The van der Waals surface area contributed by atoms with Gasteiger partial charge in [-0.2, -0.15) is 0 Å². The first-order chi connectivity index (χ1) is 15.5. The molecule has 0 bridgehead atoms. The van der Waals surface area contributed by atoms with E-state index in [9.17, 15) is 9.90 Å². The molecule has 0 unspecified atom stereocenters. The third-order valence-corrected chi connectivity index (χ3v) is 6.03. The van der Waals surface area contributed by atoms with Crippen LogP contribution < -0.4 is 18.9 Å². The minimum atomic E-state index is -0.0208. The average Bonchev–Trinajstić information content (AvgIpc) is 2.86. The summed E-state index contributed by atoms with van der Waals surface area (Å²) in [6.45, 7) is 0. The third kappa shape index (κ3) is 3.84. The lowest BCUT2D eigenvalue weighted by Gasteiger charge is -2.17. The highest BCUT2D eigenvalue weighted by molar-refractivity contribution is 5.80. The van der Waals surface area contributed by atoms with Crippen LogP contribution in [0.25, 0.3) is 0 Å². The summed E-state index contributed by atoms with van der Waals surface area (Å²) in [7, 11) is 6.47. The van der Waals surface area contributed by atoms with Crippen LogP contribution in [0.4, 0.5) is 0 Å². The van der Waals surface area contributed by atoms with Crippen molar-refractivity contribution in [2.45, 2.75) is 19.3 Å². The molecule has 0 aromatic heterocycles. The van der Waals surface area contributed by atoms with Crippen LogP contribution in [0.3, 0.4) is 0 Å². The maximum absolute atomic E-state index is 11.5. The van der Waals surface area contributed by atoms with Gasteiger partial charge in [-0.1, -0.05) is 0 Å². The van der Waals surface area contributed by atoms with Crippen molar-refractivity contribution in [3.63, 3.8) is 0 Å². The summed E-state index contributed by atoms with van der Waals surface area (Å²) in [5.41, 5.74) is 6.49. The van der Waals surface area contributed by atoms with Crippen molar-refractivity contribution in [1.29, 1.82) is 0 Å². The van der Waals surface area contributed by atoms with Gasteiger partial charge in [0.15, 0.2) is 29.3 Å². The molecule has 0 atom stereocenters. The first kappa shape index (κ1) is 21.6. The fourth-order valence-corrected chi connectivity index (χ4v) is 4.32. The fraction of sp³-hybridized carbons (Fsp3) is 0.269. The number of benzene rings is 3. The van der Waals surface area contributed by atoms with Crippen molar-refractivity contribution in [2.75, 3.05) is 28.4 Å². The number of aromatic hydroxyl groups is 1. The molecule has 0 spiro atoms. The second-order valence-electron chi connectivity index (χ2n) is 7.78. The number of carbonyl (C=O) groups is 1. The Morgan fingerprint density at radius 3 is 1.22 bits per heavy atom. The number of phenols is 1. The molecule has 1 aliphatic rings. The first-order valence-corrected chi connectivity index (χ1v) is 10.3. The molecular weight excluding hydrogens is 408 g/mol. The lowest BCUT2D eigenvalue weighted by molar-refractivity contribution is 0.112. The number of hydrogen-bond donors (Lipinski definition) is 1. The van der Waals surface area contributed by atoms with Crippen LogP contribution in [0.5, 0.6) is 28.7 Å². The van der Waals surface area contributed by atoms with Crippen LogP contribution >= 0.6 is 0 Å². The number of methoxy groups -OCH3 is 4. The van der Waals surface area contributed by atoms with Gasteiger partial charge < -0.3 is 24.1 Å². The Balaban J connectivity index is 2.00. The van der Waals surface area contributed by atoms with Crippen LogP contribution in [-0.2, 0) is 19.3 Å². The lowest BCUT2D eigenvalue weighted by Crippen LogP contribution is -2.02. The molecule has 1 aliphatic carbocycles. The first-order valence-electron chi connectivity index (χ1n) is 10.3. The summed E-state index contributed by atoms with van der Waals surface area (Å²) in [4.78, 5) is 11.5. The van der Waals surface area contributed by atoms with Gasteiger partial charge in [0.05, 0.1) is 34.0 Å². The van der Waals surface area contributed by atoms with Crippen LogP contribution in [0.2, 0.25) is 0 Å². The number of hydrogen-bond acceptors (Lipinski definition) is 6. The van der Waals surface area contributed by atoms with Crippen molar-refractivity contribution in [3.8, 4) is 28.7 Å². The summed E-state index contributed by atoms with van der Waals surface area (Å²) in [5.74, 6) is 2.59. The number of fused-ring (bicyclic) bond motifs is 3. The number of carbonyl (C=O) groups excluding carboxylic acids is 1. The highest BCUT2D eigenvalue weighted by Crippen LogP contribution is 2.39. The van der Waals surface area contributed by atoms with Gasteiger partial charge >= 0.3 is 0 Å². The van der Waals surface area contributed by atoms with Gasteiger partial charge in [0.1, 0.15) is 5.75 Å². The molecular formula is C26H26O6. The van der Waals surface area contributed by atoms with E-state index in [1.165, 1.54) is 0 Å². The summed E-state index contributed by atoms with van der Waals surface area (Å²) in [6, 6.07) is 11.4. The predicted molar refractivity (Wildman–Crippen MR) is 121 cm³/mol. The van der Waals surface area contributed by atoms with Crippen LogP contribution in [0.1, 0.15) is 43.7 Å². The highest BCUT2D eigenvalue weighted by Gasteiger charge is 2.21. The van der Waals surface area contributed by atoms with Gasteiger partial charge in [0.2, 0.25) is 0 Å². The van der Waals surface area contributed by atoms with E-state index >= 15 is 0 Å². The number of phenolic OH excluding ortho intramolecular Hbond substituents is 1. The number of ether oxygens (including phenoxy) is 4. The van der Waals surface area contributed by atoms with Gasteiger partial charge in [-0.15, -0.1) is 0 Å². The summed E-state index contributed by atoms with van der Waals surface area (Å²) in [6.07, 6.45) is 2.51. The minimum absolute atomic E-state index is 0.0208. The molecule has 6 heteroatoms. The van der Waals surface area contributed by atoms with E-state index in [4.69, 9.17) is 18.9 Å². The van der Waals surface area contributed by atoms with E-state index in [1.807, 2.05) is 24.3 Å². The second kappa shape index (κ2) is 8.83. The highest BCUT2D eigenvalue weighted by atomic mass is 16.5. The van der Waals surface area contributed by atoms with E-state index in [0.717, 1.165) is 33.4 Å². The largest absolute Gasteiger partial charge is 0.507 e. The topological polar surface area (TPSA) is 74.2 Å². The molecule has 0 radical (unpaired) electrons. The van der Waals surface area contributed by atoms with Gasteiger partial charge in [0.25, 0.3) is 0 Å². The summed E-state index contributed by atoms with van der Waals surface area (Å²) < 4.78 is 22.2. The van der Waals surface area contributed by atoms with E-state index in [-0.39, 0.29) is 11.3 Å². The molecule has 0 fully saturated rings. The standard InChI is InChI=1S/C26H26O6/c1-29-23-10-17-5-15-8-21(14-27)22(28)9-16(15)6-18-11-24(30-2)26(32-4)13-20(18)7-19(17)12-25(23)31-3/h8-14,28H,5-7H2,1-4H3. The molecule has 0 saturated carbocycles. The Hall–Kier alpha value is -3.67. The molecule has 0 heterocycles. The Morgan fingerprint density at radius 1 is 0.594 bits per heavy atom. The van der Waals surface area contributed by atoms with Crippen molar-refractivity contribution < 1.29 is 28.8 Å². The van der Waals surface area contributed by atoms with Crippen LogP contribution in [0, 0.1) is 0 Å². The zero-order valence-electron chi connectivity index (χ0n) is 18.7. The van der Waals surface area contributed by atoms with E-state index in [2.05, 4.69) is 0 Å². The third-order valence-electron chi connectivity index (χ3n) is 6.03. The maximum Gasteiger partial charge on any atom is 0.161 e. The maximum atomic E-state index is 11.5. The van der Waals surface area contributed by atoms with Gasteiger partial charge in [-0.05, 0) is 89.0 Å². The zero-order chi connectivity index (χ0) is 22.8. The van der Waals surface area contributed by atoms with Crippen molar-refractivity contribution >= 4 is 6.29 Å². The molecule has 3 aromatic rings. The Morgan fingerprint density at radius 2 is 0.906 bits per heavy atom. The molecule has 1 N–H and O–H groups in total. The van der Waals surface area contributed by atoms with E-state index in [1.54, 1.807) is 40.6 Å². The van der Waals surface area contributed by atoms with Crippen LogP contribution in [0.15, 0.2) is 36.4 Å². The van der Waals surface area contributed by atoms with Crippen molar-refractivity contribution in [3.05, 3.63) is 75.3 Å². The normalized spacial score (nSPS) is 12.2. The van der Waals surface area contributed by atoms with Crippen LogP contribution in [-0.4, -0.2) is 39.8 Å². The number of rotatable bonds is 5. The fourth-order valence-electron chi connectivity index (χ4n) is 4.32. The van der Waals surface area contributed by atoms with Crippen molar-refractivity contribution in [2.24, 2.45) is 0 Å². The van der Waals surface area contributed by atoms with Gasteiger partial charge in [-0.3, -0.25) is 4.79 Å². The van der Waals surface area contributed by atoms with Crippen molar-refractivity contribution in [1.82, 2.24) is 0 Å². The minimum Gasteiger partial charge on any atom is -0.507 e. The molecule has 166 valence electrons. The molecule has 0 amide bonds. The smallest absolute Gasteiger partial charge is 0.161 e. The second-order valence-corrected chi connectivity index (χ2v) is 7.78. The molecule has 32 heavy (non-hydrogen) atoms. The zero-order valence-corrected chi connectivity index (χ0v) is 18.7. The molecule has 4 rings (SSSR count). The summed E-state index contributed by atoms with van der Waals surface area (Å²) in [5, 5.41) is 10.4. The molecule has 6 nitrogen and oxygen atoms in total. The Labute approximate surface area is 187 Å². The van der Waals surface area contributed by atoms with E-state index in [0.29, 0.717) is 48.5 Å². The predicted octanol–water partition coefficient (Wildman–Crippen LogP) is 4.32. The Kier molecular flexibility index (Phi) is 5.95. The molecule has 0 aliphatic heterocycles. The van der Waals surface area contributed by atoms with E-state index < -0.39 is 0 Å². The van der Waals surface area contributed by atoms with Gasteiger partial charge in [0, 0.05) is 0 Å². The van der Waals surface area contributed by atoms with Gasteiger partial charge in [-0.25, -0.2) is 0 Å². The lowest BCUT2D eigenvalue weighted by atomic mass is 9.93.